The van der Waals surface area contributed by atoms with Gasteiger partial charge in [0, 0.05) is 0 Å². The van der Waals surface area contributed by atoms with Crippen LogP contribution in [0.25, 0.3) is 6.08 Å². The molecule has 0 bridgehead atoms. The minimum Gasteiger partial charge on any atom is -0.457 e. The molecule has 1 rings (SSSR count). The molecule has 0 aliphatic heterocycles. The van der Waals surface area contributed by atoms with Crippen LogP contribution in [-0.4, -0.2) is 13.1 Å². The van der Waals surface area contributed by atoms with Crippen molar-refractivity contribution < 1.29 is 22.7 Å². The quantitative estimate of drug-likeness (QED) is 0.742. The smallest absolute Gasteiger partial charge is 0.417 e. The van der Waals surface area contributed by atoms with Gasteiger partial charge in [0.25, 0.3) is 0 Å². The number of ether oxygens (including phenoxy) is 1. The molecule has 0 aromatic heterocycles. The Balaban J connectivity index is 2.54. The van der Waals surface area contributed by atoms with Gasteiger partial charge in [-0.1, -0.05) is 24.3 Å². The minimum atomic E-state index is -4.31. The first-order valence-corrected chi connectivity index (χ1v) is 4.87. The predicted octanol–water partition coefficient (Wildman–Crippen LogP) is 3.19. The summed E-state index contributed by atoms with van der Waals surface area (Å²) in [4.78, 5) is 9.69. The number of hydrogen-bond acceptors (Lipinski definition) is 2. The van der Waals surface area contributed by atoms with Crippen LogP contribution in [0.4, 0.5) is 13.2 Å². The lowest BCUT2D eigenvalue weighted by atomic mass is 10.1. The molecule has 0 saturated heterocycles. The molecule has 91 valence electrons. The lowest BCUT2D eigenvalue weighted by molar-refractivity contribution is -0.137. The molecule has 0 unspecified atom stereocenters. The summed E-state index contributed by atoms with van der Waals surface area (Å²) in [6.07, 6.45) is -0.444. The third kappa shape index (κ3) is 4.72. The van der Waals surface area contributed by atoms with Gasteiger partial charge in [0.15, 0.2) is 0 Å². The highest BCUT2D eigenvalue weighted by molar-refractivity contribution is 5.49. The first kappa shape index (κ1) is 13.3. The highest BCUT2D eigenvalue weighted by atomic mass is 19.4. The summed E-state index contributed by atoms with van der Waals surface area (Å²) in [7, 11) is 0. The monoisotopic (exact) mass is 243 g/mol. The maximum Gasteiger partial charge on any atom is 0.417 e. The number of hydrogen-bond donors (Lipinski definition) is 0. The van der Waals surface area contributed by atoms with E-state index in [1.165, 1.54) is 18.6 Å². The van der Waals surface area contributed by atoms with Crippen molar-refractivity contribution in [2.75, 3.05) is 6.61 Å². The van der Waals surface area contributed by atoms with E-state index in [2.05, 4.69) is 4.74 Å². The predicted molar refractivity (Wildman–Crippen MR) is 56.7 cm³/mol. The summed E-state index contributed by atoms with van der Waals surface area (Å²) in [5, 5.41) is 0. The number of alkyl halides is 3. The van der Waals surface area contributed by atoms with Crippen LogP contribution in [0.1, 0.15) is 17.5 Å². The largest absolute Gasteiger partial charge is 0.457 e. The summed E-state index contributed by atoms with van der Waals surface area (Å²) >= 11 is 0. The Morgan fingerprint density at radius 2 is 1.88 bits per heavy atom. The van der Waals surface area contributed by atoms with E-state index in [1.807, 2.05) is 0 Å². The zero-order valence-corrected chi connectivity index (χ0v) is 8.83. The zero-order valence-electron chi connectivity index (χ0n) is 8.83. The molecule has 1 radical (unpaired) electrons. The van der Waals surface area contributed by atoms with Gasteiger partial charge in [-0.2, -0.15) is 13.2 Å². The van der Waals surface area contributed by atoms with Crippen LogP contribution in [0.2, 0.25) is 0 Å². The second-order valence-corrected chi connectivity index (χ2v) is 3.24. The van der Waals surface area contributed by atoms with Crippen molar-refractivity contribution in [2.45, 2.75) is 12.6 Å². The zero-order chi connectivity index (χ0) is 12.7. The Labute approximate surface area is 96.7 Å². The average Bonchev–Trinajstić information content (AvgIpc) is 2.28. The molecular formula is C12H10F3O2. The lowest BCUT2D eigenvalue weighted by Crippen LogP contribution is -2.03. The van der Waals surface area contributed by atoms with Crippen LogP contribution in [0.5, 0.6) is 0 Å². The maximum atomic E-state index is 12.2. The first-order chi connectivity index (χ1) is 8.04. The van der Waals surface area contributed by atoms with E-state index < -0.39 is 11.7 Å². The summed E-state index contributed by atoms with van der Waals surface area (Å²) in [5.74, 6) is 0. The molecule has 0 spiro atoms. The minimum absolute atomic E-state index is 0.209. The van der Waals surface area contributed by atoms with Crippen molar-refractivity contribution >= 4 is 12.5 Å². The number of rotatable bonds is 5. The Hall–Kier alpha value is -1.78. The highest BCUT2D eigenvalue weighted by Crippen LogP contribution is 2.29. The van der Waals surface area contributed by atoms with Gasteiger partial charge in [-0.05, 0) is 24.1 Å². The summed E-state index contributed by atoms with van der Waals surface area (Å²) < 4.78 is 41.0. The first-order valence-electron chi connectivity index (χ1n) is 4.87. The third-order valence-corrected chi connectivity index (χ3v) is 1.99. The molecule has 0 atom stereocenters. The van der Waals surface area contributed by atoms with Crippen LogP contribution in [0.15, 0.2) is 30.3 Å². The molecule has 17 heavy (non-hydrogen) atoms. The number of benzene rings is 1. The number of halogens is 3. The molecule has 1 aromatic carbocycles. The third-order valence-electron chi connectivity index (χ3n) is 1.99. The second-order valence-electron chi connectivity index (χ2n) is 3.24. The Bertz CT molecular complexity index is 380. The van der Waals surface area contributed by atoms with Gasteiger partial charge < -0.3 is 4.74 Å². The van der Waals surface area contributed by atoms with E-state index in [-0.39, 0.29) is 6.61 Å². The molecule has 0 amide bonds. The molecule has 5 heteroatoms. The highest BCUT2D eigenvalue weighted by Gasteiger charge is 2.29. The van der Waals surface area contributed by atoms with Crippen molar-refractivity contribution in [1.82, 2.24) is 0 Å². The van der Waals surface area contributed by atoms with Crippen LogP contribution in [-0.2, 0) is 15.7 Å². The van der Waals surface area contributed by atoms with E-state index in [4.69, 9.17) is 0 Å². The van der Waals surface area contributed by atoms with Crippen molar-refractivity contribution in [3.8, 4) is 0 Å². The number of carbonyl (C=O) groups excluding carboxylic acids is 1. The van der Waals surface area contributed by atoms with Gasteiger partial charge in [0.2, 0.25) is 0 Å². The van der Waals surface area contributed by atoms with Crippen LogP contribution in [0, 0.1) is 0 Å². The van der Waals surface area contributed by atoms with E-state index in [0.29, 0.717) is 12.0 Å². The molecule has 0 aliphatic rings. The molecule has 2 nitrogen and oxygen atoms in total. The van der Waals surface area contributed by atoms with Crippen molar-refractivity contribution in [3.63, 3.8) is 0 Å². The fourth-order valence-electron chi connectivity index (χ4n) is 1.17. The molecule has 0 N–H and O–H groups in total. The van der Waals surface area contributed by atoms with Gasteiger partial charge in [-0.25, -0.2) is 4.79 Å². The van der Waals surface area contributed by atoms with E-state index in [1.54, 1.807) is 12.2 Å². The Morgan fingerprint density at radius 1 is 1.24 bits per heavy atom. The summed E-state index contributed by atoms with van der Waals surface area (Å²) in [6.45, 7) is 1.49. The van der Waals surface area contributed by atoms with Crippen molar-refractivity contribution in [1.29, 1.82) is 0 Å². The molecular weight excluding hydrogens is 233 g/mol. The fraction of sp³-hybridized carbons (Fsp3) is 0.250. The average molecular weight is 243 g/mol. The Morgan fingerprint density at radius 3 is 2.41 bits per heavy atom. The summed E-state index contributed by atoms with van der Waals surface area (Å²) in [6, 6.07) is 4.81. The second kappa shape index (κ2) is 6.08. The molecule has 1 aromatic rings. The SMILES string of the molecule is O=[C]OCC/C=C/c1ccc(C(F)(F)F)cc1. The molecule has 0 aliphatic carbocycles. The van der Waals surface area contributed by atoms with Gasteiger partial charge in [0.1, 0.15) is 0 Å². The van der Waals surface area contributed by atoms with E-state index >= 15 is 0 Å². The van der Waals surface area contributed by atoms with Crippen LogP contribution >= 0.6 is 0 Å². The van der Waals surface area contributed by atoms with Gasteiger partial charge >= 0.3 is 12.6 Å². The molecule has 0 fully saturated rings. The van der Waals surface area contributed by atoms with Gasteiger partial charge in [0.05, 0.1) is 12.2 Å². The standard InChI is InChI=1S/C12H10F3O2/c13-12(14,15)11-6-4-10(5-7-11)3-1-2-8-17-9-16/h1,3-7H,2,8H2/b3-1+. The van der Waals surface area contributed by atoms with E-state index in [0.717, 1.165) is 12.1 Å². The normalized spacial score (nSPS) is 11.7. The van der Waals surface area contributed by atoms with Gasteiger partial charge in [-0.3, -0.25) is 0 Å². The Kier molecular flexibility index (Phi) is 4.75. The van der Waals surface area contributed by atoms with Crippen LogP contribution in [0.3, 0.4) is 0 Å². The van der Waals surface area contributed by atoms with Crippen molar-refractivity contribution in [2.24, 2.45) is 0 Å². The topological polar surface area (TPSA) is 26.3 Å². The molecule has 0 saturated carbocycles. The summed E-state index contributed by atoms with van der Waals surface area (Å²) in [5.41, 5.74) is -0.0124. The van der Waals surface area contributed by atoms with Gasteiger partial charge in [-0.15, -0.1) is 0 Å². The molecule has 0 heterocycles. The van der Waals surface area contributed by atoms with Crippen molar-refractivity contribution in [3.05, 3.63) is 41.5 Å². The lowest BCUT2D eigenvalue weighted by Gasteiger charge is -2.05. The maximum absolute atomic E-state index is 12.2. The fourth-order valence-corrected chi connectivity index (χ4v) is 1.17. The van der Waals surface area contributed by atoms with Crippen LogP contribution < -0.4 is 0 Å². The van der Waals surface area contributed by atoms with E-state index in [9.17, 15) is 18.0 Å².